The minimum Gasteiger partial charge on any atom is -0.456 e. The second-order valence-electron chi connectivity index (χ2n) is 10.9. The van der Waals surface area contributed by atoms with Gasteiger partial charge >= 0.3 is 11.9 Å². The van der Waals surface area contributed by atoms with Gasteiger partial charge < -0.3 is 33.2 Å². The molecule has 0 amide bonds. The van der Waals surface area contributed by atoms with Crippen LogP contribution in [0.5, 0.6) is 0 Å². The summed E-state index contributed by atoms with van der Waals surface area (Å²) in [5.74, 6) is -2.73. The largest absolute Gasteiger partial charge is 0.456 e. The highest BCUT2D eigenvalue weighted by molar-refractivity contribution is 6.15. The normalized spacial score (nSPS) is 31.1. The van der Waals surface area contributed by atoms with E-state index < -0.39 is 59.8 Å². The molecule has 0 aromatic heterocycles. The molecule has 0 aliphatic carbocycles. The van der Waals surface area contributed by atoms with Crippen molar-refractivity contribution < 1.29 is 42.7 Å². The molecule has 0 N–H and O–H groups in total. The van der Waals surface area contributed by atoms with Crippen molar-refractivity contribution in [3.63, 3.8) is 0 Å². The standard InChI is InChI=1S/C26H34O9/c1-14(21(27)34-24(2,3)4)15-9-11-16(12-10-15)22(28)30-19-18(17-13-29-25(5,6)32-17)31-23-20(19)33-26(7,8)35-23/h9-12,17-20,23H,1,13H2,2-8H3/t17-,18-,19-,20-,23?/m0/s1. The Kier molecular flexibility index (Phi) is 6.61. The minimum absolute atomic E-state index is 0.201. The zero-order chi connectivity index (χ0) is 25.8. The maximum absolute atomic E-state index is 13.1. The van der Waals surface area contributed by atoms with Gasteiger partial charge in [-0.1, -0.05) is 18.7 Å². The van der Waals surface area contributed by atoms with Gasteiger partial charge in [0, 0.05) is 0 Å². The van der Waals surface area contributed by atoms with Gasteiger partial charge in [-0.25, -0.2) is 9.59 Å². The first kappa shape index (κ1) is 25.8. The molecule has 3 fully saturated rings. The highest BCUT2D eigenvalue weighted by Crippen LogP contribution is 2.42. The molecule has 3 heterocycles. The topological polar surface area (TPSA) is 98.8 Å². The molecule has 0 spiro atoms. The Morgan fingerprint density at radius 3 is 2.14 bits per heavy atom. The monoisotopic (exact) mass is 490 g/mol. The number of hydrogen-bond acceptors (Lipinski definition) is 9. The maximum Gasteiger partial charge on any atom is 0.338 e. The summed E-state index contributed by atoms with van der Waals surface area (Å²) >= 11 is 0. The van der Waals surface area contributed by atoms with Crippen LogP contribution in [0.1, 0.15) is 64.4 Å². The third kappa shape index (κ3) is 5.76. The fourth-order valence-electron chi connectivity index (χ4n) is 4.27. The Morgan fingerprint density at radius 1 is 0.943 bits per heavy atom. The zero-order valence-electron chi connectivity index (χ0n) is 21.3. The van der Waals surface area contributed by atoms with Gasteiger partial charge in [0.1, 0.15) is 17.8 Å². The van der Waals surface area contributed by atoms with Crippen LogP contribution >= 0.6 is 0 Å². The van der Waals surface area contributed by atoms with Gasteiger partial charge in [0.25, 0.3) is 0 Å². The van der Waals surface area contributed by atoms with E-state index in [9.17, 15) is 9.59 Å². The molecule has 0 radical (unpaired) electrons. The first-order chi connectivity index (χ1) is 16.1. The van der Waals surface area contributed by atoms with Gasteiger partial charge in [-0.15, -0.1) is 0 Å². The lowest BCUT2D eigenvalue weighted by Gasteiger charge is -2.28. The summed E-state index contributed by atoms with van der Waals surface area (Å²) < 4.78 is 40.8. The number of benzene rings is 1. The van der Waals surface area contributed by atoms with Crippen LogP contribution in [-0.2, 0) is 38.0 Å². The third-order valence-corrected chi connectivity index (χ3v) is 5.78. The van der Waals surface area contributed by atoms with Crippen molar-refractivity contribution in [2.75, 3.05) is 6.61 Å². The van der Waals surface area contributed by atoms with E-state index in [0.29, 0.717) is 11.1 Å². The number of carbonyl (C=O) groups excluding carboxylic acids is 2. The van der Waals surface area contributed by atoms with Crippen molar-refractivity contribution in [1.29, 1.82) is 0 Å². The highest BCUT2D eigenvalue weighted by atomic mass is 16.8. The van der Waals surface area contributed by atoms with Gasteiger partial charge in [0.15, 0.2) is 30.1 Å². The van der Waals surface area contributed by atoms with Crippen LogP contribution in [0.3, 0.4) is 0 Å². The number of esters is 2. The summed E-state index contributed by atoms with van der Waals surface area (Å²) in [6, 6.07) is 6.40. The van der Waals surface area contributed by atoms with Gasteiger partial charge in [-0.2, -0.15) is 0 Å². The number of carbonyl (C=O) groups is 2. The molecule has 1 unspecified atom stereocenters. The van der Waals surface area contributed by atoms with E-state index in [2.05, 4.69) is 6.58 Å². The van der Waals surface area contributed by atoms with Gasteiger partial charge in [0.05, 0.1) is 17.7 Å². The molecule has 3 aliphatic rings. The fraction of sp³-hybridized carbons (Fsp3) is 0.615. The van der Waals surface area contributed by atoms with Crippen LogP contribution in [0.15, 0.2) is 30.8 Å². The molecular formula is C26H34O9. The van der Waals surface area contributed by atoms with Crippen molar-refractivity contribution in [2.24, 2.45) is 0 Å². The summed E-state index contributed by atoms with van der Waals surface area (Å²) in [7, 11) is 0. The van der Waals surface area contributed by atoms with Crippen LogP contribution in [0.2, 0.25) is 0 Å². The Morgan fingerprint density at radius 2 is 1.57 bits per heavy atom. The SMILES string of the molecule is C=C(C(=O)OC(C)(C)C)c1ccc(C(=O)O[C@H]2[C@H]([C@@H]3COC(C)(C)O3)OC3OC(C)(C)O[C@H]32)cc1. The van der Waals surface area contributed by atoms with Crippen LogP contribution in [0.4, 0.5) is 0 Å². The first-order valence-electron chi connectivity index (χ1n) is 11.7. The lowest BCUT2D eigenvalue weighted by molar-refractivity contribution is -0.232. The van der Waals surface area contributed by atoms with E-state index in [1.54, 1.807) is 58.9 Å². The van der Waals surface area contributed by atoms with Crippen LogP contribution in [0.25, 0.3) is 5.57 Å². The molecular weight excluding hydrogens is 456 g/mol. The van der Waals surface area contributed by atoms with Crippen LogP contribution in [0, 0.1) is 0 Å². The molecule has 1 aromatic rings. The van der Waals surface area contributed by atoms with Crippen molar-refractivity contribution in [2.45, 2.75) is 96.3 Å². The van der Waals surface area contributed by atoms with Crippen molar-refractivity contribution in [3.05, 3.63) is 42.0 Å². The molecule has 35 heavy (non-hydrogen) atoms. The van der Waals surface area contributed by atoms with E-state index in [1.807, 2.05) is 13.8 Å². The third-order valence-electron chi connectivity index (χ3n) is 5.78. The molecule has 3 saturated heterocycles. The Bertz CT molecular complexity index is 989. The number of rotatable bonds is 5. The average molecular weight is 491 g/mol. The first-order valence-corrected chi connectivity index (χ1v) is 11.7. The number of ether oxygens (including phenoxy) is 7. The lowest BCUT2D eigenvalue weighted by atomic mass is 10.0. The quantitative estimate of drug-likeness (QED) is 0.453. The second kappa shape index (κ2) is 8.97. The van der Waals surface area contributed by atoms with E-state index in [0.717, 1.165) is 0 Å². The Balaban J connectivity index is 1.47. The predicted octanol–water partition coefficient (Wildman–Crippen LogP) is 3.59. The van der Waals surface area contributed by atoms with Gasteiger partial charge in [0.2, 0.25) is 0 Å². The maximum atomic E-state index is 13.1. The second-order valence-corrected chi connectivity index (χ2v) is 10.9. The van der Waals surface area contributed by atoms with Crippen molar-refractivity contribution in [1.82, 2.24) is 0 Å². The molecule has 192 valence electrons. The van der Waals surface area contributed by atoms with Crippen LogP contribution < -0.4 is 0 Å². The summed E-state index contributed by atoms with van der Waals surface area (Å²) in [6.07, 6.45) is -3.16. The molecule has 0 bridgehead atoms. The van der Waals surface area contributed by atoms with E-state index in [-0.39, 0.29) is 12.2 Å². The number of hydrogen-bond donors (Lipinski definition) is 0. The molecule has 5 atom stereocenters. The average Bonchev–Trinajstić information content (AvgIpc) is 3.35. The van der Waals surface area contributed by atoms with E-state index >= 15 is 0 Å². The molecule has 4 rings (SSSR count). The Labute approximate surface area is 205 Å². The molecule has 3 aliphatic heterocycles. The lowest BCUT2D eigenvalue weighted by Crippen LogP contribution is -2.45. The van der Waals surface area contributed by atoms with Gasteiger partial charge in [-0.3, -0.25) is 0 Å². The van der Waals surface area contributed by atoms with Crippen LogP contribution in [-0.4, -0.2) is 66.4 Å². The molecule has 0 saturated carbocycles. The zero-order valence-corrected chi connectivity index (χ0v) is 21.3. The summed E-state index contributed by atoms with van der Waals surface area (Å²) in [5, 5.41) is 0. The molecule has 9 nitrogen and oxygen atoms in total. The smallest absolute Gasteiger partial charge is 0.338 e. The predicted molar refractivity (Wildman–Crippen MR) is 124 cm³/mol. The van der Waals surface area contributed by atoms with E-state index in [1.165, 1.54) is 0 Å². The highest BCUT2D eigenvalue weighted by Gasteiger charge is 2.60. The Hall–Kier alpha value is -2.30. The summed E-state index contributed by atoms with van der Waals surface area (Å²) in [5.41, 5.74) is 0.415. The fourth-order valence-corrected chi connectivity index (χ4v) is 4.27. The number of fused-ring (bicyclic) bond motifs is 1. The summed E-state index contributed by atoms with van der Waals surface area (Å²) in [6.45, 7) is 16.6. The summed E-state index contributed by atoms with van der Waals surface area (Å²) in [4.78, 5) is 25.4. The van der Waals surface area contributed by atoms with Crippen molar-refractivity contribution >= 4 is 17.5 Å². The molecule has 9 heteroatoms. The van der Waals surface area contributed by atoms with Gasteiger partial charge in [-0.05, 0) is 66.2 Å². The van der Waals surface area contributed by atoms with Crippen molar-refractivity contribution in [3.8, 4) is 0 Å². The minimum atomic E-state index is -0.874. The molecule has 1 aromatic carbocycles. The van der Waals surface area contributed by atoms with E-state index in [4.69, 9.17) is 33.2 Å².